The molecule has 4 rings (SSSR count). The molecule has 0 aliphatic carbocycles. The largest absolute Gasteiger partial charge is 0.493 e. The maximum absolute atomic E-state index is 13.7. The molecule has 1 fully saturated rings. The second kappa shape index (κ2) is 14.2. The first-order valence-corrected chi connectivity index (χ1v) is 14.1. The highest BCUT2D eigenvalue weighted by Crippen LogP contribution is 2.28. The number of hydrogen-bond donors (Lipinski definition) is 1. The van der Waals surface area contributed by atoms with Crippen LogP contribution in [0.3, 0.4) is 0 Å². The Morgan fingerprint density at radius 3 is 2.62 bits per heavy atom. The lowest BCUT2D eigenvalue weighted by molar-refractivity contribution is -0.132. The van der Waals surface area contributed by atoms with Gasteiger partial charge in [-0.05, 0) is 66.6 Å². The molecule has 0 saturated carbocycles. The highest BCUT2D eigenvalue weighted by atomic mass is 35.5. The van der Waals surface area contributed by atoms with E-state index in [-0.39, 0.29) is 24.6 Å². The lowest BCUT2D eigenvalue weighted by Gasteiger charge is -2.29. The zero-order chi connectivity index (χ0) is 27.6. The maximum atomic E-state index is 13.7. The minimum atomic E-state index is -0.364. The van der Waals surface area contributed by atoms with E-state index in [9.17, 15) is 9.59 Å². The zero-order valence-corrected chi connectivity index (χ0v) is 23.8. The van der Waals surface area contributed by atoms with Gasteiger partial charge < -0.3 is 29.3 Å². The number of nitrogens with zero attached hydrogens (tertiary/aromatic N) is 2. The predicted octanol–water partition coefficient (Wildman–Crippen LogP) is 5.70. The van der Waals surface area contributed by atoms with E-state index in [4.69, 9.17) is 25.8 Å². The summed E-state index contributed by atoms with van der Waals surface area (Å²) in [6.45, 7) is 1.88. The van der Waals surface area contributed by atoms with E-state index >= 15 is 0 Å². The number of carbonyl (C=O) groups is 2. The van der Waals surface area contributed by atoms with Crippen LogP contribution in [0.1, 0.15) is 23.3 Å². The van der Waals surface area contributed by atoms with E-state index < -0.39 is 0 Å². The second-order valence-electron chi connectivity index (χ2n) is 9.29. The number of nitrogens with one attached hydrogen (secondary N) is 1. The van der Waals surface area contributed by atoms with Crippen molar-refractivity contribution in [2.24, 2.45) is 0 Å². The fourth-order valence-electron chi connectivity index (χ4n) is 4.47. The van der Waals surface area contributed by atoms with Gasteiger partial charge in [0.25, 0.3) is 0 Å². The summed E-state index contributed by atoms with van der Waals surface area (Å²) in [5, 5.41) is 5.40. The molecule has 0 bridgehead atoms. The first-order chi connectivity index (χ1) is 18.9. The molecule has 1 aliphatic rings. The number of urea groups is 1. The Morgan fingerprint density at radius 1 is 1.08 bits per heavy atom. The van der Waals surface area contributed by atoms with Crippen molar-refractivity contribution in [2.45, 2.75) is 31.9 Å². The van der Waals surface area contributed by atoms with Crippen LogP contribution in [0, 0.1) is 0 Å². The average molecular weight is 572 g/mol. The van der Waals surface area contributed by atoms with E-state index in [0.29, 0.717) is 54.9 Å². The first-order valence-electron chi connectivity index (χ1n) is 12.9. The lowest BCUT2D eigenvalue weighted by atomic mass is 10.1. The third-order valence-electron chi connectivity index (χ3n) is 6.54. The van der Waals surface area contributed by atoms with Gasteiger partial charge in [0.05, 0.1) is 26.9 Å². The smallest absolute Gasteiger partial charge is 0.322 e. The van der Waals surface area contributed by atoms with Gasteiger partial charge in [-0.3, -0.25) is 4.79 Å². The second-order valence-corrected chi connectivity index (χ2v) is 10.8. The molecule has 1 unspecified atom stereocenters. The van der Waals surface area contributed by atoms with Crippen LogP contribution < -0.4 is 14.8 Å². The minimum absolute atomic E-state index is 0.0659. The number of benzene rings is 2. The van der Waals surface area contributed by atoms with Crippen LogP contribution in [0.15, 0.2) is 60.0 Å². The monoisotopic (exact) mass is 571 g/mol. The van der Waals surface area contributed by atoms with E-state index in [1.807, 2.05) is 35.7 Å². The molecule has 10 heteroatoms. The van der Waals surface area contributed by atoms with Crippen molar-refractivity contribution in [3.05, 3.63) is 75.4 Å². The van der Waals surface area contributed by atoms with Crippen molar-refractivity contribution in [3.8, 4) is 11.5 Å². The quantitative estimate of drug-likeness (QED) is 0.301. The summed E-state index contributed by atoms with van der Waals surface area (Å²) in [5.74, 6) is 1.16. The molecule has 0 radical (unpaired) electrons. The lowest BCUT2D eigenvalue weighted by Crippen LogP contribution is -2.47. The molecule has 1 aromatic heterocycles. The van der Waals surface area contributed by atoms with Crippen LogP contribution in [-0.4, -0.2) is 68.3 Å². The molecule has 2 aromatic carbocycles. The molecular formula is C29H34ClN3O5S. The fourth-order valence-corrected chi connectivity index (χ4v) is 5.38. The highest BCUT2D eigenvalue weighted by Gasteiger charge is 2.27. The number of ether oxygens (including phenoxy) is 3. The molecule has 208 valence electrons. The summed E-state index contributed by atoms with van der Waals surface area (Å²) in [7, 11) is 3.20. The van der Waals surface area contributed by atoms with Crippen LogP contribution in [-0.2, 0) is 22.5 Å². The van der Waals surface area contributed by atoms with Gasteiger partial charge in [-0.15, -0.1) is 11.3 Å². The van der Waals surface area contributed by atoms with Crippen LogP contribution in [0.5, 0.6) is 11.5 Å². The fraction of sp³-hybridized carbons (Fsp3) is 0.379. The predicted molar refractivity (Wildman–Crippen MR) is 154 cm³/mol. The standard InChI is InChI=1S/C29H34ClN3O5S/c1-36-26-11-10-21(16-27(26)37-2)12-13-32(19-25-9-5-15-39-25)28(34)20-33(18-24-8-4-14-38-24)29(35)31-23-7-3-6-22(30)17-23/h3,5-7,9-11,15-17,24H,4,8,12-14,18-20H2,1-2H3,(H,31,35). The van der Waals surface area contributed by atoms with Crippen LogP contribution in [0.2, 0.25) is 5.02 Å². The van der Waals surface area contributed by atoms with E-state index in [0.717, 1.165) is 23.3 Å². The van der Waals surface area contributed by atoms with E-state index in [1.54, 1.807) is 54.7 Å². The van der Waals surface area contributed by atoms with Gasteiger partial charge in [0.1, 0.15) is 6.54 Å². The van der Waals surface area contributed by atoms with Crippen molar-refractivity contribution in [1.29, 1.82) is 0 Å². The van der Waals surface area contributed by atoms with Crippen molar-refractivity contribution in [3.63, 3.8) is 0 Å². The molecule has 1 aliphatic heterocycles. The van der Waals surface area contributed by atoms with Crippen molar-refractivity contribution >= 4 is 40.6 Å². The number of hydrogen-bond acceptors (Lipinski definition) is 6. The molecule has 39 heavy (non-hydrogen) atoms. The Hall–Kier alpha value is -3.27. The number of rotatable bonds is 12. The number of thiophene rings is 1. The summed E-state index contributed by atoms with van der Waals surface area (Å²) in [5.41, 5.74) is 1.59. The molecule has 3 aromatic rings. The number of halogens is 1. The van der Waals surface area contributed by atoms with Crippen LogP contribution in [0.4, 0.5) is 10.5 Å². The highest BCUT2D eigenvalue weighted by molar-refractivity contribution is 7.09. The van der Waals surface area contributed by atoms with Gasteiger partial charge in [0, 0.05) is 35.3 Å². The zero-order valence-electron chi connectivity index (χ0n) is 22.2. The average Bonchev–Trinajstić information content (AvgIpc) is 3.65. The molecule has 1 atom stereocenters. The molecule has 1 saturated heterocycles. The van der Waals surface area contributed by atoms with Gasteiger partial charge in [-0.25, -0.2) is 4.79 Å². The Bertz CT molecular complexity index is 1230. The SMILES string of the molecule is COc1ccc(CCN(Cc2cccs2)C(=O)CN(CC2CCCO2)C(=O)Nc2cccc(Cl)c2)cc1OC. The Balaban J connectivity index is 1.49. The summed E-state index contributed by atoms with van der Waals surface area (Å²) >= 11 is 7.70. The van der Waals surface area contributed by atoms with Crippen molar-refractivity contribution in [2.75, 3.05) is 45.8 Å². The first kappa shape index (κ1) is 28.7. The molecule has 8 nitrogen and oxygen atoms in total. The summed E-state index contributed by atoms with van der Waals surface area (Å²) in [6.07, 6.45) is 2.32. The van der Waals surface area contributed by atoms with Crippen LogP contribution in [0.25, 0.3) is 0 Å². The molecule has 0 spiro atoms. The topological polar surface area (TPSA) is 80.3 Å². The van der Waals surface area contributed by atoms with Gasteiger partial charge in [0.2, 0.25) is 5.91 Å². The Morgan fingerprint density at radius 2 is 1.92 bits per heavy atom. The van der Waals surface area contributed by atoms with Crippen LogP contribution >= 0.6 is 22.9 Å². The van der Waals surface area contributed by atoms with E-state index in [1.165, 1.54) is 4.90 Å². The van der Waals surface area contributed by atoms with Crippen molar-refractivity contribution < 1.29 is 23.8 Å². The minimum Gasteiger partial charge on any atom is -0.493 e. The van der Waals surface area contributed by atoms with E-state index in [2.05, 4.69) is 5.32 Å². The Labute approximate surface area is 238 Å². The van der Waals surface area contributed by atoms with Gasteiger partial charge >= 0.3 is 6.03 Å². The number of anilines is 1. The summed E-state index contributed by atoms with van der Waals surface area (Å²) in [6, 6.07) is 16.3. The van der Waals surface area contributed by atoms with Gasteiger partial charge in [-0.2, -0.15) is 0 Å². The maximum Gasteiger partial charge on any atom is 0.322 e. The van der Waals surface area contributed by atoms with Gasteiger partial charge in [0.15, 0.2) is 11.5 Å². The molecule has 1 N–H and O–H groups in total. The normalized spacial score (nSPS) is 14.6. The summed E-state index contributed by atoms with van der Waals surface area (Å²) < 4.78 is 16.6. The van der Waals surface area contributed by atoms with Gasteiger partial charge in [-0.1, -0.05) is 29.8 Å². The number of amides is 3. The number of carbonyl (C=O) groups excluding carboxylic acids is 2. The van der Waals surface area contributed by atoms with Crippen molar-refractivity contribution in [1.82, 2.24) is 9.80 Å². The summed E-state index contributed by atoms with van der Waals surface area (Å²) in [4.78, 5) is 31.4. The molecular weight excluding hydrogens is 538 g/mol. The number of methoxy groups -OCH3 is 2. The third kappa shape index (κ3) is 8.36. The molecule has 3 amide bonds. The Kier molecular flexibility index (Phi) is 10.5. The molecule has 2 heterocycles. The third-order valence-corrected chi connectivity index (χ3v) is 7.63.